The Kier molecular flexibility index (Phi) is 5.26. The summed E-state index contributed by atoms with van der Waals surface area (Å²) >= 11 is 0. The van der Waals surface area contributed by atoms with Gasteiger partial charge in [0.1, 0.15) is 0 Å². The first kappa shape index (κ1) is 13.5. The monoisotopic (exact) mass is 228 g/mol. The van der Waals surface area contributed by atoms with E-state index < -0.39 is 5.60 Å². The molecule has 94 valence electrons. The number of hydrogen-bond acceptors (Lipinski definition) is 3. The molecule has 0 aliphatic heterocycles. The Morgan fingerprint density at radius 2 is 2.00 bits per heavy atom. The molecule has 0 aromatic heterocycles. The predicted octanol–water partition coefficient (Wildman–Crippen LogP) is 2.66. The summed E-state index contributed by atoms with van der Waals surface area (Å²) in [6.45, 7) is 4.43. The lowest BCUT2D eigenvalue weighted by Crippen LogP contribution is -2.34. The highest BCUT2D eigenvalue weighted by atomic mass is 16.5. The molecule has 16 heavy (non-hydrogen) atoms. The average molecular weight is 228 g/mol. The Hall–Kier alpha value is -0.570. The molecule has 0 spiro atoms. The number of hydrogen-bond donors (Lipinski definition) is 1. The van der Waals surface area contributed by atoms with Gasteiger partial charge in [0.25, 0.3) is 0 Å². The summed E-state index contributed by atoms with van der Waals surface area (Å²) < 4.78 is 4.87. The summed E-state index contributed by atoms with van der Waals surface area (Å²) in [5.41, 5.74) is -0.613. The van der Waals surface area contributed by atoms with E-state index in [9.17, 15) is 9.90 Å². The lowest BCUT2D eigenvalue weighted by molar-refractivity contribution is -0.145. The van der Waals surface area contributed by atoms with E-state index in [1.165, 1.54) is 6.42 Å². The lowest BCUT2D eigenvalue weighted by atomic mass is 9.76. The van der Waals surface area contributed by atoms with E-state index in [0.717, 1.165) is 31.6 Å². The van der Waals surface area contributed by atoms with Gasteiger partial charge in [-0.1, -0.05) is 13.3 Å². The molecule has 0 radical (unpaired) electrons. The van der Waals surface area contributed by atoms with Crippen LogP contribution < -0.4 is 0 Å². The van der Waals surface area contributed by atoms with E-state index in [2.05, 4.69) is 6.92 Å². The summed E-state index contributed by atoms with van der Waals surface area (Å²) in [6, 6.07) is 0. The zero-order valence-corrected chi connectivity index (χ0v) is 10.5. The number of carbonyl (C=O) groups is 1. The fourth-order valence-electron chi connectivity index (χ4n) is 2.44. The maximum Gasteiger partial charge on any atom is 0.305 e. The fraction of sp³-hybridized carbons (Fsp3) is 0.923. The molecule has 0 unspecified atom stereocenters. The summed E-state index contributed by atoms with van der Waals surface area (Å²) in [6.07, 6.45) is 5.97. The van der Waals surface area contributed by atoms with Crippen molar-refractivity contribution in [2.45, 2.75) is 64.4 Å². The van der Waals surface area contributed by atoms with Gasteiger partial charge in [-0.3, -0.25) is 4.79 Å². The molecule has 1 rings (SSSR count). The van der Waals surface area contributed by atoms with Crippen molar-refractivity contribution in [3.8, 4) is 0 Å². The molecule has 0 aromatic rings. The zero-order valence-electron chi connectivity index (χ0n) is 10.5. The summed E-state index contributed by atoms with van der Waals surface area (Å²) in [5.74, 6) is 0.580. The van der Waals surface area contributed by atoms with Crippen molar-refractivity contribution in [2.24, 2.45) is 5.92 Å². The molecule has 3 heteroatoms. The zero-order chi connectivity index (χ0) is 12.0. The molecule has 1 N–H and O–H groups in total. The van der Waals surface area contributed by atoms with E-state index in [4.69, 9.17) is 4.74 Å². The first-order valence-corrected chi connectivity index (χ1v) is 6.47. The number of rotatable bonds is 5. The van der Waals surface area contributed by atoms with Crippen molar-refractivity contribution in [1.29, 1.82) is 0 Å². The number of ether oxygens (including phenoxy) is 1. The van der Waals surface area contributed by atoms with Crippen molar-refractivity contribution in [3.63, 3.8) is 0 Å². The minimum atomic E-state index is -0.613. The van der Waals surface area contributed by atoms with Gasteiger partial charge in [-0.25, -0.2) is 0 Å². The van der Waals surface area contributed by atoms with Crippen LogP contribution in [0, 0.1) is 5.92 Å². The molecule has 0 saturated heterocycles. The van der Waals surface area contributed by atoms with Gasteiger partial charge < -0.3 is 9.84 Å². The Morgan fingerprint density at radius 1 is 1.38 bits per heavy atom. The van der Waals surface area contributed by atoms with Gasteiger partial charge in [0.05, 0.1) is 12.2 Å². The van der Waals surface area contributed by atoms with Crippen molar-refractivity contribution in [2.75, 3.05) is 6.61 Å². The summed E-state index contributed by atoms with van der Waals surface area (Å²) in [5, 5.41) is 10.3. The quantitative estimate of drug-likeness (QED) is 0.736. The van der Waals surface area contributed by atoms with E-state index >= 15 is 0 Å². The Bertz CT molecular complexity index is 217. The predicted molar refractivity (Wildman–Crippen MR) is 63.1 cm³/mol. The van der Waals surface area contributed by atoms with Gasteiger partial charge >= 0.3 is 5.97 Å². The van der Waals surface area contributed by atoms with Crippen molar-refractivity contribution in [3.05, 3.63) is 0 Å². The molecule has 1 aliphatic carbocycles. The summed E-state index contributed by atoms with van der Waals surface area (Å²) in [4.78, 5) is 11.2. The highest BCUT2D eigenvalue weighted by Crippen LogP contribution is 2.36. The maximum absolute atomic E-state index is 11.2. The van der Waals surface area contributed by atoms with Crippen LogP contribution in [-0.2, 0) is 9.53 Å². The third kappa shape index (κ3) is 4.12. The molecule has 1 aliphatic rings. The first-order chi connectivity index (χ1) is 7.59. The van der Waals surface area contributed by atoms with Crippen molar-refractivity contribution < 1.29 is 14.6 Å². The van der Waals surface area contributed by atoms with Crippen LogP contribution in [0.4, 0.5) is 0 Å². The number of carbonyl (C=O) groups excluding carboxylic acids is 1. The number of esters is 1. The van der Waals surface area contributed by atoms with Crippen LogP contribution in [0.2, 0.25) is 0 Å². The van der Waals surface area contributed by atoms with Gasteiger partial charge in [-0.2, -0.15) is 0 Å². The SMILES string of the molecule is CCOC(=O)CCC1(O)CCC(CC)CC1. The summed E-state index contributed by atoms with van der Waals surface area (Å²) in [7, 11) is 0. The minimum Gasteiger partial charge on any atom is -0.466 e. The topological polar surface area (TPSA) is 46.5 Å². The second-order valence-electron chi connectivity index (χ2n) is 4.88. The molecule has 0 heterocycles. The number of aliphatic hydroxyl groups is 1. The molecule has 1 saturated carbocycles. The van der Waals surface area contributed by atoms with E-state index in [0.29, 0.717) is 19.4 Å². The Morgan fingerprint density at radius 3 is 2.50 bits per heavy atom. The molecule has 0 aromatic carbocycles. The second kappa shape index (κ2) is 6.24. The largest absolute Gasteiger partial charge is 0.466 e. The van der Waals surface area contributed by atoms with E-state index in [1.807, 2.05) is 0 Å². The third-order valence-corrected chi connectivity index (χ3v) is 3.71. The average Bonchev–Trinajstić information content (AvgIpc) is 2.28. The van der Waals surface area contributed by atoms with Crippen LogP contribution in [0.15, 0.2) is 0 Å². The van der Waals surface area contributed by atoms with Crippen LogP contribution in [-0.4, -0.2) is 23.3 Å². The van der Waals surface area contributed by atoms with Gasteiger partial charge in [-0.15, -0.1) is 0 Å². The maximum atomic E-state index is 11.2. The van der Waals surface area contributed by atoms with Crippen LogP contribution in [0.5, 0.6) is 0 Å². The highest BCUT2D eigenvalue weighted by molar-refractivity contribution is 5.69. The van der Waals surface area contributed by atoms with Gasteiger partial charge in [-0.05, 0) is 44.9 Å². The molecular formula is C13H24O3. The van der Waals surface area contributed by atoms with Crippen LogP contribution in [0.25, 0.3) is 0 Å². The second-order valence-corrected chi connectivity index (χ2v) is 4.88. The Labute approximate surface area is 98.2 Å². The lowest BCUT2D eigenvalue weighted by Gasteiger charge is -2.35. The smallest absolute Gasteiger partial charge is 0.305 e. The molecular weight excluding hydrogens is 204 g/mol. The van der Waals surface area contributed by atoms with E-state index in [-0.39, 0.29) is 5.97 Å². The first-order valence-electron chi connectivity index (χ1n) is 6.47. The fourth-order valence-corrected chi connectivity index (χ4v) is 2.44. The molecule has 0 atom stereocenters. The van der Waals surface area contributed by atoms with Crippen LogP contribution in [0.3, 0.4) is 0 Å². The normalized spacial score (nSPS) is 30.1. The molecule has 0 amide bonds. The van der Waals surface area contributed by atoms with Gasteiger partial charge in [0.15, 0.2) is 0 Å². The van der Waals surface area contributed by atoms with Gasteiger partial charge in [0.2, 0.25) is 0 Å². The van der Waals surface area contributed by atoms with E-state index in [1.54, 1.807) is 6.92 Å². The minimum absolute atomic E-state index is 0.187. The highest BCUT2D eigenvalue weighted by Gasteiger charge is 2.32. The molecule has 0 bridgehead atoms. The van der Waals surface area contributed by atoms with Crippen molar-refractivity contribution >= 4 is 5.97 Å². The molecule has 1 fully saturated rings. The third-order valence-electron chi connectivity index (χ3n) is 3.71. The van der Waals surface area contributed by atoms with Crippen molar-refractivity contribution in [1.82, 2.24) is 0 Å². The van der Waals surface area contributed by atoms with Crippen LogP contribution >= 0.6 is 0 Å². The standard InChI is InChI=1S/C13H24O3/c1-3-11-5-8-13(15,9-6-11)10-7-12(14)16-4-2/h11,15H,3-10H2,1-2H3. The Balaban J connectivity index is 2.28. The van der Waals surface area contributed by atoms with Gasteiger partial charge in [0, 0.05) is 6.42 Å². The van der Waals surface area contributed by atoms with Crippen LogP contribution in [0.1, 0.15) is 58.8 Å². The molecule has 3 nitrogen and oxygen atoms in total.